The topological polar surface area (TPSA) is 79.5 Å². The van der Waals surface area contributed by atoms with Crippen LogP contribution in [0.1, 0.15) is 35.7 Å². The molecule has 0 radical (unpaired) electrons. The van der Waals surface area contributed by atoms with Crippen molar-refractivity contribution in [2.75, 3.05) is 13.1 Å². The van der Waals surface area contributed by atoms with Gasteiger partial charge >= 0.3 is 0 Å². The summed E-state index contributed by atoms with van der Waals surface area (Å²) < 4.78 is 0. The lowest BCUT2D eigenvalue weighted by Crippen LogP contribution is -2.38. The highest BCUT2D eigenvalue weighted by Crippen LogP contribution is 2.27. The molecule has 1 aromatic rings. The molecule has 0 aromatic heterocycles. The molecule has 1 fully saturated rings. The minimum absolute atomic E-state index is 0. The molecule has 0 unspecified atom stereocenters. The number of rotatable bonds is 6. The standard InChI is InChI=1S/C15H22N4O.HI/c1-2-17-15(18-9-11-6-7-11)19-10-12-4-3-5-13(8-12)14(16)20;/h3-5,8,11H,2,6-7,9-10H2,1H3,(H2,16,20)(H2,17,18,19);1H. The molecule has 4 N–H and O–H groups in total. The van der Waals surface area contributed by atoms with Gasteiger partial charge in [0.2, 0.25) is 5.91 Å². The van der Waals surface area contributed by atoms with Gasteiger partial charge in [-0.05, 0) is 43.4 Å². The Morgan fingerprint density at radius 2 is 2.14 bits per heavy atom. The summed E-state index contributed by atoms with van der Waals surface area (Å²) in [5.74, 6) is 1.22. The van der Waals surface area contributed by atoms with E-state index < -0.39 is 5.91 Å². The number of nitrogens with one attached hydrogen (secondary N) is 2. The van der Waals surface area contributed by atoms with Gasteiger partial charge in [-0.15, -0.1) is 24.0 Å². The molecular formula is C15H23IN4O. The third-order valence-corrected chi connectivity index (χ3v) is 3.23. The van der Waals surface area contributed by atoms with Gasteiger partial charge in [0.05, 0.1) is 6.54 Å². The van der Waals surface area contributed by atoms with E-state index in [1.165, 1.54) is 12.8 Å². The largest absolute Gasteiger partial charge is 0.366 e. The van der Waals surface area contributed by atoms with Crippen molar-refractivity contribution in [2.24, 2.45) is 16.6 Å². The molecule has 2 rings (SSSR count). The van der Waals surface area contributed by atoms with Crippen LogP contribution in [0, 0.1) is 5.92 Å². The number of aliphatic imine (C=N–C) groups is 1. The first-order valence-corrected chi connectivity index (χ1v) is 7.10. The van der Waals surface area contributed by atoms with Crippen molar-refractivity contribution in [1.82, 2.24) is 10.6 Å². The second kappa shape index (κ2) is 8.86. The van der Waals surface area contributed by atoms with Gasteiger partial charge in [0.15, 0.2) is 5.96 Å². The van der Waals surface area contributed by atoms with Crippen LogP contribution in [0.3, 0.4) is 0 Å². The van der Waals surface area contributed by atoms with E-state index in [1.54, 1.807) is 12.1 Å². The minimum atomic E-state index is -0.408. The molecule has 1 aromatic carbocycles. The number of hydrogen-bond acceptors (Lipinski definition) is 2. The summed E-state index contributed by atoms with van der Waals surface area (Å²) in [5, 5.41) is 6.56. The number of benzene rings is 1. The van der Waals surface area contributed by atoms with E-state index in [2.05, 4.69) is 15.6 Å². The van der Waals surface area contributed by atoms with Crippen LogP contribution < -0.4 is 16.4 Å². The van der Waals surface area contributed by atoms with Crippen LogP contribution in [0.4, 0.5) is 0 Å². The molecular weight excluding hydrogens is 379 g/mol. The van der Waals surface area contributed by atoms with Gasteiger partial charge in [0.1, 0.15) is 0 Å². The Morgan fingerprint density at radius 1 is 1.38 bits per heavy atom. The highest BCUT2D eigenvalue weighted by molar-refractivity contribution is 14.0. The van der Waals surface area contributed by atoms with Crippen LogP contribution in [0.25, 0.3) is 0 Å². The zero-order valence-electron chi connectivity index (χ0n) is 12.3. The monoisotopic (exact) mass is 402 g/mol. The van der Waals surface area contributed by atoms with E-state index in [4.69, 9.17) is 5.73 Å². The predicted molar refractivity (Wildman–Crippen MR) is 95.9 cm³/mol. The van der Waals surface area contributed by atoms with Gasteiger partial charge in [-0.2, -0.15) is 0 Å². The maximum Gasteiger partial charge on any atom is 0.248 e. The zero-order valence-corrected chi connectivity index (χ0v) is 14.6. The summed E-state index contributed by atoms with van der Waals surface area (Å²) in [6.45, 7) is 4.38. The molecule has 0 saturated heterocycles. The highest BCUT2D eigenvalue weighted by atomic mass is 127. The van der Waals surface area contributed by atoms with Crippen LogP contribution >= 0.6 is 24.0 Å². The molecule has 0 bridgehead atoms. The Bertz CT molecular complexity index is 500. The SMILES string of the molecule is CCNC(=NCc1cccc(C(N)=O)c1)NCC1CC1.I. The first-order valence-electron chi connectivity index (χ1n) is 7.10. The van der Waals surface area contributed by atoms with Crippen LogP contribution in [-0.2, 0) is 6.54 Å². The summed E-state index contributed by atoms with van der Waals surface area (Å²) in [6.07, 6.45) is 2.63. The van der Waals surface area contributed by atoms with E-state index in [9.17, 15) is 4.79 Å². The number of nitrogens with zero attached hydrogens (tertiary/aromatic N) is 1. The lowest BCUT2D eigenvalue weighted by atomic mass is 10.1. The fraction of sp³-hybridized carbons (Fsp3) is 0.467. The molecule has 1 aliphatic rings. The molecule has 0 spiro atoms. The summed E-state index contributed by atoms with van der Waals surface area (Å²) >= 11 is 0. The van der Waals surface area contributed by atoms with Gasteiger partial charge in [-0.25, -0.2) is 4.99 Å². The minimum Gasteiger partial charge on any atom is -0.366 e. The fourth-order valence-corrected chi connectivity index (χ4v) is 1.90. The van der Waals surface area contributed by atoms with Crippen molar-refractivity contribution in [2.45, 2.75) is 26.3 Å². The number of guanidine groups is 1. The summed E-state index contributed by atoms with van der Waals surface area (Å²) in [5.41, 5.74) is 6.77. The Kier molecular flexibility index (Phi) is 7.49. The van der Waals surface area contributed by atoms with Crippen molar-refractivity contribution >= 4 is 35.8 Å². The third-order valence-electron chi connectivity index (χ3n) is 3.23. The van der Waals surface area contributed by atoms with E-state index >= 15 is 0 Å². The second-order valence-electron chi connectivity index (χ2n) is 5.08. The molecule has 0 aliphatic heterocycles. The first kappa shape index (κ1) is 17.7. The Morgan fingerprint density at radius 3 is 2.76 bits per heavy atom. The van der Waals surface area contributed by atoms with Crippen LogP contribution in [0.5, 0.6) is 0 Å². The quantitative estimate of drug-likeness (QED) is 0.386. The lowest BCUT2D eigenvalue weighted by molar-refractivity contribution is 0.1000. The summed E-state index contributed by atoms with van der Waals surface area (Å²) in [7, 11) is 0. The Hall–Kier alpha value is -1.31. The van der Waals surface area contributed by atoms with Gasteiger partial charge in [-0.3, -0.25) is 4.79 Å². The molecule has 1 aliphatic carbocycles. The van der Waals surface area contributed by atoms with Crippen molar-refractivity contribution in [1.29, 1.82) is 0 Å². The van der Waals surface area contributed by atoms with Crippen LogP contribution in [0.15, 0.2) is 29.3 Å². The fourth-order valence-electron chi connectivity index (χ4n) is 1.90. The number of carbonyl (C=O) groups is 1. The molecule has 1 saturated carbocycles. The van der Waals surface area contributed by atoms with E-state index in [1.807, 2.05) is 19.1 Å². The van der Waals surface area contributed by atoms with Crippen LogP contribution in [-0.4, -0.2) is 25.0 Å². The van der Waals surface area contributed by atoms with Gasteiger partial charge < -0.3 is 16.4 Å². The summed E-state index contributed by atoms with van der Waals surface area (Å²) in [4.78, 5) is 15.7. The lowest BCUT2D eigenvalue weighted by Gasteiger charge is -2.10. The predicted octanol–water partition coefficient (Wildman–Crippen LogP) is 1.87. The average molecular weight is 402 g/mol. The molecule has 116 valence electrons. The number of hydrogen-bond donors (Lipinski definition) is 3. The molecule has 0 atom stereocenters. The van der Waals surface area contributed by atoms with Crippen molar-refractivity contribution in [3.63, 3.8) is 0 Å². The van der Waals surface area contributed by atoms with Crippen molar-refractivity contribution in [3.05, 3.63) is 35.4 Å². The third kappa shape index (κ3) is 6.33. The van der Waals surface area contributed by atoms with Crippen LogP contribution in [0.2, 0.25) is 0 Å². The maximum absolute atomic E-state index is 11.1. The van der Waals surface area contributed by atoms with E-state index in [0.717, 1.165) is 30.5 Å². The van der Waals surface area contributed by atoms with Crippen molar-refractivity contribution in [3.8, 4) is 0 Å². The van der Waals surface area contributed by atoms with Gasteiger partial charge in [-0.1, -0.05) is 12.1 Å². The average Bonchev–Trinajstić information content (AvgIpc) is 3.26. The molecule has 0 heterocycles. The normalized spacial score (nSPS) is 14.2. The second-order valence-corrected chi connectivity index (χ2v) is 5.08. The Labute approximate surface area is 142 Å². The maximum atomic E-state index is 11.1. The molecule has 21 heavy (non-hydrogen) atoms. The molecule has 6 heteroatoms. The molecule has 5 nitrogen and oxygen atoms in total. The number of amides is 1. The summed E-state index contributed by atoms with van der Waals surface area (Å²) in [6, 6.07) is 7.28. The number of primary amides is 1. The molecule has 1 amide bonds. The highest BCUT2D eigenvalue weighted by Gasteiger charge is 2.20. The smallest absolute Gasteiger partial charge is 0.248 e. The van der Waals surface area contributed by atoms with Gasteiger partial charge in [0.25, 0.3) is 0 Å². The van der Waals surface area contributed by atoms with Crippen molar-refractivity contribution < 1.29 is 4.79 Å². The number of nitrogens with two attached hydrogens (primary N) is 1. The van der Waals surface area contributed by atoms with Gasteiger partial charge in [0, 0.05) is 18.7 Å². The zero-order chi connectivity index (χ0) is 14.4. The van der Waals surface area contributed by atoms with E-state index in [0.29, 0.717) is 12.1 Å². The Balaban J connectivity index is 0.00000220. The number of carbonyl (C=O) groups excluding carboxylic acids is 1. The van der Waals surface area contributed by atoms with E-state index in [-0.39, 0.29) is 24.0 Å². The first-order chi connectivity index (χ1) is 9.69. The number of halogens is 1.